The average molecular weight is 675 g/mol. The van der Waals surface area contributed by atoms with Gasteiger partial charge in [0, 0.05) is 36.5 Å². The summed E-state index contributed by atoms with van der Waals surface area (Å²) in [7, 11) is -1.08. The molecular weight excluding hydrogens is 632 g/mol. The van der Waals surface area contributed by atoms with Gasteiger partial charge in [-0.05, 0) is 62.2 Å². The van der Waals surface area contributed by atoms with Crippen molar-refractivity contribution in [2.45, 2.75) is 39.1 Å². The lowest BCUT2D eigenvalue weighted by molar-refractivity contribution is 0.0117. The molecule has 1 amide bonds. The standard InChI is InChI=1S/C36H42N4O7S/c1-36(2,3)47-35(42)40(19-20-45-27-16-17-29-28-13-9-10-14-30(28)37-31(29)22-27)23-33(41)26-15-18-34(46-24-25-11-7-6-8-12-25)32(21-26)38-48(43,44)39(4)5/h6-18,21-22,33,37-38,41H,19-20,23-24H2,1-5H3. The lowest BCUT2D eigenvalue weighted by Gasteiger charge is -2.29. The molecule has 3 N–H and O–H groups in total. The van der Waals surface area contributed by atoms with Crippen LogP contribution < -0.4 is 14.2 Å². The third-order valence-electron chi connectivity index (χ3n) is 7.50. The smallest absolute Gasteiger partial charge is 0.410 e. The van der Waals surface area contributed by atoms with Gasteiger partial charge in [-0.3, -0.25) is 4.72 Å². The van der Waals surface area contributed by atoms with Gasteiger partial charge in [0.1, 0.15) is 30.3 Å². The minimum atomic E-state index is -3.90. The van der Waals surface area contributed by atoms with Gasteiger partial charge in [0.25, 0.3) is 0 Å². The summed E-state index contributed by atoms with van der Waals surface area (Å²) in [5.74, 6) is 0.909. The average Bonchev–Trinajstić information content (AvgIpc) is 3.41. The number of anilines is 1. The fourth-order valence-electron chi connectivity index (χ4n) is 5.02. The highest BCUT2D eigenvalue weighted by atomic mass is 32.2. The van der Waals surface area contributed by atoms with Crippen molar-refractivity contribution in [3.05, 3.63) is 102 Å². The van der Waals surface area contributed by atoms with Crippen LogP contribution in [0.4, 0.5) is 10.5 Å². The molecule has 1 aromatic heterocycles. The van der Waals surface area contributed by atoms with Gasteiger partial charge in [-0.1, -0.05) is 54.6 Å². The Bertz CT molecular complexity index is 1970. The molecule has 0 aliphatic carbocycles. The molecule has 0 spiro atoms. The number of benzene rings is 4. The Morgan fingerprint density at radius 2 is 1.60 bits per heavy atom. The maximum absolute atomic E-state index is 13.3. The molecule has 1 unspecified atom stereocenters. The first-order chi connectivity index (χ1) is 22.8. The number of ether oxygens (including phenoxy) is 3. The van der Waals surface area contributed by atoms with Crippen LogP contribution in [-0.4, -0.2) is 73.2 Å². The van der Waals surface area contributed by atoms with Gasteiger partial charge < -0.3 is 29.2 Å². The molecule has 12 heteroatoms. The highest BCUT2D eigenvalue weighted by Gasteiger charge is 2.26. The van der Waals surface area contributed by atoms with Gasteiger partial charge in [0.2, 0.25) is 0 Å². The highest BCUT2D eigenvalue weighted by Crippen LogP contribution is 2.31. The third-order valence-corrected chi connectivity index (χ3v) is 8.94. The molecule has 5 rings (SSSR count). The molecule has 0 aliphatic rings. The number of H-pyrrole nitrogens is 1. The molecule has 1 heterocycles. The van der Waals surface area contributed by atoms with E-state index < -0.39 is 28.0 Å². The monoisotopic (exact) mass is 674 g/mol. The van der Waals surface area contributed by atoms with Crippen molar-refractivity contribution in [1.29, 1.82) is 0 Å². The summed E-state index contributed by atoms with van der Waals surface area (Å²) in [5, 5.41) is 13.6. The first-order valence-corrected chi connectivity index (χ1v) is 17.0. The van der Waals surface area contributed by atoms with E-state index in [0.717, 1.165) is 31.7 Å². The molecule has 0 saturated carbocycles. The number of nitrogens with zero attached hydrogens (tertiary/aromatic N) is 2. The summed E-state index contributed by atoms with van der Waals surface area (Å²) in [6, 6.07) is 28.0. The van der Waals surface area contributed by atoms with Crippen LogP contribution in [0.5, 0.6) is 11.5 Å². The molecule has 0 radical (unpaired) electrons. The van der Waals surface area contributed by atoms with Crippen LogP contribution in [0.15, 0.2) is 91.0 Å². The van der Waals surface area contributed by atoms with E-state index in [2.05, 4.69) is 15.8 Å². The van der Waals surface area contributed by atoms with Crippen molar-refractivity contribution in [2.75, 3.05) is 38.5 Å². The number of amides is 1. The van der Waals surface area contributed by atoms with E-state index >= 15 is 0 Å². The van der Waals surface area contributed by atoms with Gasteiger partial charge >= 0.3 is 16.3 Å². The lowest BCUT2D eigenvalue weighted by atomic mass is 10.1. The van der Waals surface area contributed by atoms with Crippen molar-refractivity contribution in [2.24, 2.45) is 0 Å². The molecule has 48 heavy (non-hydrogen) atoms. The zero-order chi connectivity index (χ0) is 34.5. The second-order valence-corrected chi connectivity index (χ2v) is 14.5. The van der Waals surface area contributed by atoms with Crippen LogP contribution in [0.25, 0.3) is 21.8 Å². The van der Waals surface area contributed by atoms with Crippen LogP contribution >= 0.6 is 0 Å². The molecular formula is C36H42N4O7S. The summed E-state index contributed by atoms with van der Waals surface area (Å²) in [4.78, 5) is 18.0. The van der Waals surface area contributed by atoms with Crippen LogP contribution in [0.3, 0.4) is 0 Å². The van der Waals surface area contributed by atoms with Crippen LogP contribution in [0, 0.1) is 0 Å². The van der Waals surface area contributed by atoms with E-state index in [1.165, 1.54) is 25.1 Å². The van der Waals surface area contributed by atoms with Crippen LogP contribution in [0.2, 0.25) is 0 Å². The Morgan fingerprint density at radius 3 is 2.33 bits per heavy atom. The zero-order valence-corrected chi connectivity index (χ0v) is 28.6. The minimum absolute atomic E-state index is 0.120. The van der Waals surface area contributed by atoms with Gasteiger partial charge in [-0.25, -0.2) is 4.79 Å². The quantitative estimate of drug-likeness (QED) is 0.130. The summed E-state index contributed by atoms with van der Waals surface area (Å²) < 4.78 is 46.8. The molecule has 0 aliphatic heterocycles. The number of fused-ring (bicyclic) bond motifs is 3. The molecule has 5 aromatic rings. The third kappa shape index (κ3) is 8.77. The number of para-hydroxylation sites is 1. The molecule has 0 bridgehead atoms. The zero-order valence-electron chi connectivity index (χ0n) is 27.8. The highest BCUT2D eigenvalue weighted by molar-refractivity contribution is 7.90. The number of hydrogen-bond donors (Lipinski definition) is 3. The van der Waals surface area contributed by atoms with Crippen molar-refractivity contribution < 1.29 is 32.5 Å². The van der Waals surface area contributed by atoms with Gasteiger partial charge in [0.15, 0.2) is 0 Å². The maximum atomic E-state index is 13.3. The Labute approximate surface area is 281 Å². The number of nitrogens with one attached hydrogen (secondary N) is 2. The number of hydrogen-bond acceptors (Lipinski definition) is 7. The molecule has 4 aromatic carbocycles. The molecule has 254 valence electrons. The van der Waals surface area contributed by atoms with E-state index in [0.29, 0.717) is 11.3 Å². The fraction of sp³-hybridized carbons (Fsp3) is 0.306. The number of aliphatic hydroxyl groups excluding tert-OH is 1. The van der Waals surface area contributed by atoms with Crippen molar-refractivity contribution in [1.82, 2.24) is 14.2 Å². The van der Waals surface area contributed by atoms with E-state index in [-0.39, 0.29) is 37.7 Å². The normalized spacial score (nSPS) is 12.6. The molecule has 11 nitrogen and oxygen atoms in total. The Hall–Kier alpha value is -4.78. The molecule has 0 saturated heterocycles. The Balaban J connectivity index is 1.32. The number of carbonyl (C=O) groups excluding carboxylic acids is 1. The molecule has 0 fully saturated rings. The second-order valence-electron chi connectivity index (χ2n) is 12.6. The van der Waals surface area contributed by atoms with E-state index in [1.54, 1.807) is 32.9 Å². The lowest BCUT2D eigenvalue weighted by Crippen LogP contribution is -2.41. The largest absolute Gasteiger partial charge is 0.492 e. The number of carbonyl (C=O) groups is 1. The summed E-state index contributed by atoms with van der Waals surface area (Å²) in [6.07, 6.45) is -1.81. The number of rotatable bonds is 13. The van der Waals surface area contributed by atoms with Crippen LogP contribution in [-0.2, 0) is 21.6 Å². The van der Waals surface area contributed by atoms with Gasteiger partial charge in [-0.2, -0.15) is 12.7 Å². The fourth-order valence-corrected chi connectivity index (χ4v) is 5.64. The van der Waals surface area contributed by atoms with Crippen molar-refractivity contribution in [3.63, 3.8) is 0 Å². The number of aromatic nitrogens is 1. The molecule has 1 atom stereocenters. The van der Waals surface area contributed by atoms with E-state index in [9.17, 15) is 18.3 Å². The summed E-state index contributed by atoms with van der Waals surface area (Å²) in [5.41, 5.74) is 2.62. The predicted molar refractivity (Wildman–Crippen MR) is 188 cm³/mol. The predicted octanol–water partition coefficient (Wildman–Crippen LogP) is 6.47. The number of aliphatic hydroxyl groups is 1. The maximum Gasteiger partial charge on any atom is 0.410 e. The van der Waals surface area contributed by atoms with Gasteiger partial charge in [0.05, 0.1) is 30.4 Å². The van der Waals surface area contributed by atoms with Crippen molar-refractivity contribution >= 4 is 43.8 Å². The van der Waals surface area contributed by atoms with Crippen LogP contribution in [0.1, 0.15) is 38.0 Å². The topological polar surface area (TPSA) is 133 Å². The van der Waals surface area contributed by atoms with E-state index in [4.69, 9.17) is 14.2 Å². The van der Waals surface area contributed by atoms with Gasteiger partial charge in [-0.15, -0.1) is 0 Å². The number of aromatic amines is 1. The summed E-state index contributed by atoms with van der Waals surface area (Å²) in [6.45, 7) is 5.63. The Kier molecular flexibility index (Phi) is 10.5. The second kappa shape index (κ2) is 14.5. The SMILES string of the molecule is CN(C)S(=O)(=O)Nc1cc(C(O)CN(CCOc2ccc3c(c2)[nH]c2ccccc23)C(=O)OC(C)(C)C)ccc1OCc1ccccc1. The first kappa shape index (κ1) is 34.6. The van der Waals surface area contributed by atoms with E-state index in [1.807, 2.05) is 66.7 Å². The summed E-state index contributed by atoms with van der Waals surface area (Å²) >= 11 is 0. The minimum Gasteiger partial charge on any atom is -0.492 e. The van der Waals surface area contributed by atoms with Crippen molar-refractivity contribution in [3.8, 4) is 11.5 Å². The first-order valence-electron chi connectivity index (χ1n) is 15.6. The Morgan fingerprint density at radius 1 is 0.896 bits per heavy atom.